The van der Waals surface area contributed by atoms with Gasteiger partial charge >= 0.3 is 0 Å². The quantitative estimate of drug-likeness (QED) is 0.720. The first-order valence-electron chi connectivity index (χ1n) is 8.44. The number of rotatable bonds is 4. The third-order valence-corrected chi connectivity index (χ3v) is 4.40. The Morgan fingerprint density at radius 2 is 1.96 bits per heavy atom. The van der Waals surface area contributed by atoms with E-state index in [1.54, 1.807) is 35.4 Å². The van der Waals surface area contributed by atoms with Gasteiger partial charge in [-0.15, -0.1) is 0 Å². The largest absolute Gasteiger partial charge is 0.459 e. The van der Waals surface area contributed by atoms with Gasteiger partial charge in [-0.25, -0.2) is 9.37 Å². The number of oxazole rings is 1. The zero-order valence-electron chi connectivity index (χ0n) is 14.1. The number of benzene rings is 1. The molecule has 3 aromatic rings. The van der Waals surface area contributed by atoms with Crippen molar-refractivity contribution in [2.75, 3.05) is 26.2 Å². The fourth-order valence-electron chi connectivity index (χ4n) is 3.03. The van der Waals surface area contributed by atoms with E-state index in [0.717, 1.165) is 18.8 Å². The first kappa shape index (κ1) is 16.5. The highest BCUT2D eigenvalue weighted by molar-refractivity contribution is 5.91. The predicted molar refractivity (Wildman–Crippen MR) is 91.8 cm³/mol. The number of hydrogen-bond donors (Lipinski definition) is 0. The Hall–Kier alpha value is -2.93. The minimum absolute atomic E-state index is 0.0792. The number of piperazine rings is 1. The van der Waals surface area contributed by atoms with Crippen molar-refractivity contribution < 1.29 is 18.0 Å². The van der Waals surface area contributed by atoms with Gasteiger partial charge in [0, 0.05) is 38.3 Å². The Morgan fingerprint density at radius 3 is 2.69 bits per heavy atom. The summed E-state index contributed by atoms with van der Waals surface area (Å²) in [5.74, 6) is 0.380. The van der Waals surface area contributed by atoms with Gasteiger partial charge in [0.2, 0.25) is 5.89 Å². The second kappa shape index (κ2) is 7.13. The third-order valence-electron chi connectivity index (χ3n) is 4.40. The van der Waals surface area contributed by atoms with Crippen LogP contribution in [-0.2, 0) is 6.54 Å². The molecule has 0 N–H and O–H groups in total. The number of carbonyl (C=O) groups excluding carboxylic acids is 1. The molecular weight excluding hydrogens is 337 g/mol. The summed E-state index contributed by atoms with van der Waals surface area (Å²) < 4.78 is 24.0. The predicted octanol–water partition coefficient (Wildman–Crippen LogP) is 3.03. The first-order valence-corrected chi connectivity index (χ1v) is 8.44. The maximum atomic E-state index is 13.3. The Morgan fingerprint density at radius 1 is 1.12 bits per heavy atom. The number of aromatic nitrogens is 1. The lowest BCUT2D eigenvalue weighted by atomic mass is 10.2. The number of halogens is 1. The van der Waals surface area contributed by atoms with Crippen molar-refractivity contribution in [3.05, 3.63) is 66.2 Å². The molecule has 1 amide bonds. The normalized spacial score (nSPS) is 15.3. The van der Waals surface area contributed by atoms with E-state index in [0.29, 0.717) is 36.8 Å². The van der Waals surface area contributed by atoms with Crippen LogP contribution in [0.5, 0.6) is 0 Å². The zero-order chi connectivity index (χ0) is 17.9. The minimum atomic E-state index is -0.320. The van der Waals surface area contributed by atoms with E-state index in [1.807, 2.05) is 0 Å². The van der Waals surface area contributed by atoms with Crippen molar-refractivity contribution in [3.63, 3.8) is 0 Å². The number of carbonyl (C=O) groups is 1. The van der Waals surface area contributed by atoms with Crippen LogP contribution in [0, 0.1) is 5.82 Å². The van der Waals surface area contributed by atoms with Gasteiger partial charge in [-0.05, 0) is 30.3 Å². The topological polar surface area (TPSA) is 62.7 Å². The van der Waals surface area contributed by atoms with Crippen molar-refractivity contribution in [1.29, 1.82) is 0 Å². The fourth-order valence-corrected chi connectivity index (χ4v) is 3.03. The Bertz CT molecular complexity index is 883. The molecule has 1 aliphatic heterocycles. The Balaban J connectivity index is 1.34. The highest BCUT2D eigenvalue weighted by atomic mass is 19.1. The van der Waals surface area contributed by atoms with Gasteiger partial charge in [0.05, 0.1) is 12.0 Å². The number of amides is 1. The lowest BCUT2D eigenvalue weighted by molar-refractivity contribution is 0.0596. The number of furan rings is 1. The van der Waals surface area contributed by atoms with Gasteiger partial charge in [-0.3, -0.25) is 9.69 Å². The SMILES string of the molecule is O=C(c1ccco1)N1CCN(Cc2coc(-c3cccc(F)c3)n2)CC1. The van der Waals surface area contributed by atoms with E-state index >= 15 is 0 Å². The average molecular weight is 355 g/mol. The Kier molecular flexibility index (Phi) is 4.53. The minimum Gasteiger partial charge on any atom is -0.459 e. The molecule has 26 heavy (non-hydrogen) atoms. The molecule has 2 aromatic heterocycles. The van der Waals surface area contributed by atoms with Crippen LogP contribution in [0.15, 0.2) is 57.8 Å². The Labute approximate surface area is 149 Å². The molecule has 1 aromatic carbocycles. The van der Waals surface area contributed by atoms with Gasteiger partial charge in [-0.2, -0.15) is 0 Å². The second-order valence-electron chi connectivity index (χ2n) is 6.20. The molecule has 0 saturated carbocycles. The maximum absolute atomic E-state index is 13.3. The molecule has 0 radical (unpaired) electrons. The lowest BCUT2D eigenvalue weighted by Gasteiger charge is -2.33. The van der Waals surface area contributed by atoms with Crippen LogP contribution in [0.25, 0.3) is 11.5 Å². The summed E-state index contributed by atoms with van der Waals surface area (Å²) >= 11 is 0. The van der Waals surface area contributed by atoms with Crippen molar-refractivity contribution in [2.24, 2.45) is 0 Å². The van der Waals surface area contributed by atoms with E-state index in [4.69, 9.17) is 8.83 Å². The monoisotopic (exact) mass is 355 g/mol. The molecule has 7 heteroatoms. The molecule has 1 fully saturated rings. The molecule has 0 bridgehead atoms. The van der Waals surface area contributed by atoms with Crippen LogP contribution >= 0.6 is 0 Å². The van der Waals surface area contributed by atoms with Crippen molar-refractivity contribution in [3.8, 4) is 11.5 Å². The summed E-state index contributed by atoms with van der Waals surface area (Å²) in [6.07, 6.45) is 3.10. The molecule has 134 valence electrons. The van der Waals surface area contributed by atoms with Crippen LogP contribution < -0.4 is 0 Å². The summed E-state index contributed by atoms with van der Waals surface area (Å²) in [6, 6.07) is 9.56. The summed E-state index contributed by atoms with van der Waals surface area (Å²) in [5, 5.41) is 0. The second-order valence-corrected chi connectivity index (χ2v) is 6.20. The van der Waals surface area contributed by atoms with Crippen LogP contribution in [0.4, 0.5) is 4.39 Å². The first-order chi connectivity index (χ1) is 12.7. The maximum Gasteiger partial charge on any atom is 0.289 e. The standard InChI is InChI=1S/C19H18FN3O3/c20-15-4-1-3-14(11-15)18-21-16(13-26-18)12-22-6-8-23(9-7-22)19(24)17-5-2-10-25-17/h1-5,10-11,13H,6-9,12H2. The average Bonchev–Trinajstić information content (AvgIpc) is 3.34. The van der Waals surface area contributed by atoms with Gasteiger partial charge in [0.15, 0.2) is 5.76 Å². The van der Waals surface area contributed by atoms with Crippen LogP contribution in [-0.4, -0.2) is 46.9 Å². The van der Waals surface area contributed by atoms with Crippen molar-refractivity contribution in [1.82, 2.24) is 14.8 Å². The summed E-state index contributed by atoms with van der Waals surface area (Å²) in [4.78, 5) is 20.7. The van der Waals surface area contributed by atoms with Crippen LogP contribution in [0.1, 0.15) is 16.2 Å². The zero-order valence-corrected chi connectivity index (χ0v) is 14.1. The number of nitrogens with zero attached hydrogens (tertiary/aromatic N) is 3. The molecule has 6 nitrogen and oxygen atoms in total. The molecule has 0 unspecified atom stereocenters. The van der Waals surface area contributed by atoms with Crippen LogP contribution in [0.2, 0.25) is 0 Å². The van der Waals surface area contributed by atoms with E-state index in [1.165, 1.54) is 18.4 Å². The van der Waals surface area contributed by atoms with Crippen molar-refractivity contribution in [2.45, 2.75) is 6.54 Å². The molecular formula is C19H18FN3O3. The molecule has 4 rings (SSSR count). The summed E-state index contributed by atoms with van der Waals surface area (Å²) in [5.41, 5.74) is 1.40. The van der Waals surface area contributed by atoms with E-state index in [-0.39, 0.29) is 11.7 Å². The molecule has 0 aliphatic carbocycles. The molecule has 1 saturated heterocycles. The summed E-state index contributed by atoms with van der Waals surface area (Å²) in [7, 11) is 0. The van der Waals surface area contributed by atoms with Gasteiger partial charge < -0.3 is 13.7 Å². The fraction of sp³-hybridized carbons (Fsp3) is 0.263. The van der Waals surface area contributed by atoms with Gasteiger partial charge in [-0.1, -0.05) is 6.07 Å². The van der Waals surface area contributed by atoms with Gasteiger partial charge in [0.25, 0.3) is 5.91 Å². The molecule has 0 spiro atoms. The van der Waals surface area contributed by atoms with E-state index < -0.39 is 0 Å². The molecule has 1 aliphatic rings. The van der Waals surface area contributed by atoms with Gasteiger partial charge in [0.1, 0.15) is 12.1 Å². The lowest BCUT2D eigenvalue weighted by Crippen LogP contribution is -2.48. The molecule has 3 heterocycles. The smallest absolute Gasteiger partial charge is 0.289 e. The van der Waals surface area contributed by atoms with E-state index in [9.17, 15) is 9.18 Å². The third kappa shape index (κ3) is 3.52. The summed E-state index contributed by atoms with van der Waals surface area (Å²) in [6.45, 7) is 3.38. The molecule has 0 atom stereocenters. The van der Waals surface area contributed by atoms with Crippen LogP contribution in [0.3, 0.4) is 0 Å². The highest BCUT2D eigenvalue weighted by Gasteiger charge is 2.24. The highest BCUT2D eigenvalue weighted by Crippen LogP contribution is 2.20. The van der Waals surface area contributed by atoms with Crippen molar-refractivity contribution >= 4 is 5.91 Å². The number of hydrogen-bond acceptors (Lipinski definition) is 5. The van der Waals surface area contributed by atoms with E-state index in [2.05, 4.69) is 9.88 Å².